The molecule has 4 heteroatoms. The first-order chi connectivity index (χ1) is 6.81. The van der Waals surface area contributed by atoms with Crippen molar-refractivity contribution in [1.82, 2.24) is 4.98 Å². The number of aromatic nitrogens is 1. The molecule has 0 N–H and O–H groups in total. The molecule has 0 saturated carbocycles. The number of hydrogen-bond acceptors (Lipinski definition) is 4. The number of hydrogen-bond donors (Lipinski definition) is 0. The zero-order chi connectivity index (χ0) is 9.97. The lowest BCUT2D eigenvalue weighted by Crippen LogP contribution is -1.96. The third kappa shape index (κ3) is 1.36. The quantitative estimate of drug-likeness (QED) is 0.672. The maximum atomic E-state index is 11.3. The Morgan fingerprint density at radius 2 is 2.43 bits per heavy atom. The van der Waals surface area contributed by atoms with Gasteiger partial charge in [-0.25, -0.2) is 4.98 Å². The molecule has 14 heavy (non-hydrogen) atoms. The van der Waals surface area contributed by atoms with E-state index in [0.29, 0.717) is 16.7 Å². The van der Waals surface area contributed by atoms with E-state index in [1.807, 2.05) is 6.07 Å². The van der Waals surface area contributed by atoms with Crippen LogP contribution in [0.5, 0.6) is 0 Å². The molecular weight excluding hydrogens is 180 g/mol. The Hall–Kier alpha value is -2.15. The number of rotatable bonds is 2. The summed E-state index contributed by atoms with van der Waals surface area (Å²) >= 11 is 0. The summed E-state index contributed by atoms with van der Waals surface area (Å²) in [5, 5.41) is 8.36. The van der Waals surface area contributed by atoms with E-state index in [0.717, 1.165) is 0 Å². The molecule has 0 bridgehead atoms. The molecule has 0 atom stereocenters. The summed E-state index contributed by atoms with van der Waals surface area (Å²) in [7, 11) is 0. The summed E-state index contributed by atoms with van der Waals surface area (Å²) in [5.74, 6) is -0.203. The second-order valence-electron chi connectivity index (χ2n) is 2.79. The molecule has 2 rings (SSSR count). The topological polar surface area (TPSA) is 66.9 Å². The Labute approximate surface area is 79.8 Å². The van der Waals surface area contributed by atoms with Gasteiger partial charge in [-0.1, -0.05) is 0 Å². The lowest BCUT2D eigenvalue weighted by atomic mass is 10.1. The van der Waals surface area contributed by atoms with Gasteiger partial charge in [-0.15, -0.1) is 0 Å². The first-order valence-electron chi connectivity index (χ1n) is 4.04. The highest BCUT2D eigenvalue weighted by Crippen LogP contribution is 2.15. The van der Waals surface area contributed by atoms with E-state index in [9.17, 15) is 4.79 Å². The molecule has 0 amide bonds. The van der Waals surface area contributed by atoms with Crippen molar-refractivity contribution < 1.29 is 9.21 Å². The number of carbonyl (C=O) groups is 1. The van der Waals surface area contributed by atoms with Crippen molar-refractivity contribution in [1.29, 1.82) is 5.26 Å². The van der Waals surface area contributed by atoms with Gasteiger partial charge in [0.2, 0.25) is 0 Å². The van der Waals surface area contributed by atoms with Crippen LogP contribution < -0.4 is 0 Å². The first-order valence-corrected chi connectivity index (χ1v) is 4.04. The van der Waals surface area contributed by atoms with Gasteiger partial charge in [0.15, 0.2) is 17.8 Å². The van der Waals surface area contributed by atoms with Gasteiger partial charge in [0.25, 0.3) is 0 Å². The summed E-state index contributed by atoms with van der Waals surface area (Å²) in [5.41, 5.74) is 1.75. The first kappa shape index (κ1) is 8.45. The van der Waals surface area contributed by atoms with E-state index in [4.69, 9.17) is 9.68 Å². The summed E-state index contributed by atoms with van der Waals surface area (Å²) in [6.07, 6.45) is 1.21. The molecule has 0 aliphatic heterocycles. The maximum Gasteiger partial charge on any atom is 0.181 e. The molecule has 0 fully saturated rings. The number of fused-ring (bicyclic) bond motifs is 1. The number of benzene rings is 1. The van der Waals surface area contributed by atoms with Gasteiger partial charge in [0.1, 0.15) is 5.52 Å². The second kappa shape index (κ2) is 3.30. The van der Waals surface area contributed by atoms with Crippen molar-refractivity contribution in [2.75, 3.05) is 0 Å². The fourth-order valence-corrected chi connectivity index (χ4v) is 1.20. The van der Waals surface area contributed by atoms with E-state index in [1.54, 1.807) is 18.2 Å². The minimum absolute atomic E-state index is 0.111. The van der Waals surface area contributed by atoms with E-state index in [2.05, 4.69) is 4.98 Å². The molecule has 1 aromatic carbocycles. The molecule has 0 unspecified atom stereocenters. The average molecular weight is 186 g/mol. The van der Waals surface area contributed by atoms with Crippen LogP contribution >= 0.6 is 0 Å². The molecular formula is C10H6N2O2. The molecule has 2 aromatic rings. The number of Topliss-reactive ketones (excluding diaryl/α,β-unsaturated/α-hetero) is 1. The van der Waals surface area contributed by atoms with Gasteiger partial charge >= 0.3 is 0 Å². The fraction of sp³-hybridized carbons (Fsp3) is 0.100. The molecule has 0 aliphatic carbocycles. The minimum Gasteiger partial charge on any atom is -0.443 e. The van der Waals surface area contributed by atoms with Crippen molar-refractivity contribution in [3.63, 3.8) is 0 Å². The number of carbonyl (C=O) groups excluding carboxylic acids is 1. The van der Waals surface area contributed by atoms with Crippen molar-refractivity contribution in [3.8, 4) is 6.07 Å². The summed E-state index contributed by atoms with van der Waals surface area (Å²) < 4.78 is 5.04. The highest BCUT2D eigenvalue weighted by atomic mass is 16.3. The Balaban J connectivity index is 2.44. The van der Waals surface area contributed by atoms with Gasteiger partial charge in [-0.3, -0.25) is 4.79 Å². The number of ketones is 1. The summed E-state index contributed by atoms with van der Waals surface area (Å²) in [6.45, 7) is 0. The van der Waals surface area contributed by atoms with Crippen LogP contribution in [-0.2, 0) is 0 Å². The molecule has 1 heterocycles. The van der Waals surface area contributed by atoms with Gasteiger partial charge in [0, 0.05) is 5.56 Å². The van der Waals surface area contributed by atoms with E-state index in [-0.39, 0.29) is 12.2 Å². The smallest absolute Gasteiger partial charge is 0.181 e. The predicted octanol–water partition coefficient (Wildman–Crippen LogP) is 1.92. The van der Waals surface area contributed by atoms with Gasteiger partial charge in [-0.05, 0) is 18.2 Å². The van der Waals surface area contributed by atoms with Crippen LogP contribution in [0.3, 0.4) is 0 Å². The lowest BCUT2D eigenvalue weighted by Gasteiger charge is -1.94. The zero-order valence-electron chi connectivity index (χ0n) is 7.23. The molecule has 4 nitrogen and oxygen atoms in total. The van der Waals surface area contributed by atoms with Crippen LogP contribution in [0.4, 0.5) is 0 Å². The van der Waals surface area contributed by atoms with Gasteiger partial charge < -0.3 is 4.42 Å². The predicted molar refractivity (Wildman–Crippen MR) is 48.6 cm³/mol. The van der Waals surface area contributed by atoms with Gasteiger partial charge in [-0.2, -0.15) is 5.26 Å². The number of nitrogens with zero attached hydrogens (tertiary/aromatic N) is 2. The fourth-order valence-electron chi connectivity index (χ4n) is 1.20. The van der Waals surface area contributed by atoms with Crippen molar-refractivity contribution >= 4 is 16.9 Å². The third-order valence-corrected chi connectivity index (χ3v) is 1.89. The zero-order valence-corrected chi connectivity index (χ0v) is 7.23. The Morgan fingerprint density at radius 1 is 1.57 bits per heavy atom. The molecule has 0 aliphatic rings. The Kier molecular flexibility index (Phi) is 1.99. The molecule has 0 saturated heterocycles. The highest BCUT2D eigenvalue weighted by molar-refractivity contribution is 5.99. The van der Waals surface area contributed by atoms with Crippen LogP contribution in [-0.4, -0.2) is 10.8 Å². The monoisotopic (exact) mass is 186 g/mol. The van der Waals surface area contributed by atoms with Crippen LogP contribution in [0, 0.1) is 11.3 Å². The number of nitriles is 1. The highest BCUT2D eigenvalue weighted by Gasteiger charge is 2.07. The van der Waals surface area contributed by atoms with Crippen molar-refractivity contribution in [3.05, 3.63) is 30.2 Å². The van der Waals surface area contributed by atoms with E-state index in [1.165, 1.54) is 6.39 Å². The van der Waals surface area contributed by atoms with Crippen molar-refractivity contribution in [2.45, 2.75) is 6.42 Å². The molecule has 68 valence electrons. The summed E-state index contributed by atoms with van der Waals surface area (Å²) in [6, 6.07) is 6.75. The minimum atomic E-state index is -0.203. The normalized spacial score (nSPS) is 9.93. The molecule has 0 radical (unpaired) electrons. The third-order valence-electron chi connectivity index (χ3n) is 1.89. The van der Waals surface area contributed by atoms with Crippen LogP contribution in [0.2, 0.25) is 0 Å². The Morgan fingerprint density at radius 3 is 3.21 bits per heavy atom. The maximum absolute atomic E-state index is 11.3. The van der Waals surface area contributed by atoms with Crippen LogP contribution in [0.1, 0.15) is 16.8 Å². The second-order valence-corrected chi connectivity index (χ2v) is 2.79. The SMILES string of the molecule is N#CCC(=O)c1ccc2ncoc2c1. The van der Waals surface area contributed by atoms with Crippen LogP contribution in [0.15, 0.2) is 29.0 Å². The lowest BCUT2D eigenvalue weighted by molar-refractivity contribution is 0.0998. The Bertz CT molecular complexity index is 522. The van der Waals surface area contributed by atoms with E-state index >= 15 is 0 Å². The van der Waals surface area contributed by atoms with E-state index < -0.39 is 0 Å². The average Bonchev–Trinajstić information content (AvgIpc) is 2.64. The standard InChI is InChI=1S/C10H6N2O2/c11-4-3-9(13)7-1-2-8-10(5-7)14-6-12-8/h1-2,5-6H,3H2. The molecule has 0 spiro atoms. The van der Waals surface area contributed by atoms with Crippen LogP contribution in [0.25, 0.3) is 11.1 Å². The molecule has 1 aromatic heterocycles. The number of oxazole rings is 1. The largest absolute Gasteiger partial charge is 0.443 e. The van der Waals surface area contributed by atoms with Gasteiger partial charge in [0.05, 0.1) is 12.5 Å². The van der Waals surface area contributed by atoms with Crippen molar-refractivity contribution in [2.24, 2.45) is 0 Å². The summed E-state index contributed by atoms with van der Waals surface area (Å²) in [4.78, 5) is 15.2.